The van der Waals surface area contributed by atoms with E-state index in [0.29, 0.717) is 12.1 Å². The zero-order valence-electron chi connectivity index (χ0n) is 12.3. The van der Waals surface area contributed by atoms with Crippen LogP contribution in [0.3, 0.4) is 0 Å². The fourth-order valence-corrected chi connectivity index (χ4v) is 2.57. The first-order valence-corrected chi connectivity index (χ1v) is 7.32. The van der Waals surface area contributed by atoms with Gasteiger partial charge in [0.1, 0.15) is 5.69 Å². The van der Waals surface area contributed by atoms with Gasteiger partial charge in [-0.25, -0.2) is 0 Å². The number of aromatic nitrogens is 3. The summed E-state index contributed by atoms with van der Waals surface area (Å²) in [6, 6.07) is 8.16. The van der Waals surface area contributed by atoms with Gasteiger partial charge in [0.2, 0.25) is 0 Å². The van der Waals surface area contributed by atoms with Crippen molar-refractivity contribution >= 4 is 10.9 Å². The van der Waals surface area contributed by atoms with E-state index in [9.17, 15) is 4.79 Å². The Balaban J connectivity index is 1.92. The first-order valence-electron chi connectivity index (χ1n) is 7.32. The van der Waals surface area contributed by atoms with Crippen molar-refractivity contribution in [1.29, 1.82) is 0 Å². The summed E-state index contributed by atoms with van der Waals surface area (Å²) in [5, 5.41) is 1.18. The smallest absolute Gasteiger partial charge is 0.270 e. The van der Waals surface area contributed by atoms with Gasteiger partial charge >= 0.3 is 0 Å². The fraction of sp³-hybridized carbons (Fsp3) is 0.294. The van der Waals surface area contributed by atoms with Gasteiger partial charge in [-0.3, -0.25) is 9.78 Å². The second kappa shape index (κ2) is 5.56. The standard InChI is InChI=1S/C17H19N3O/c1-3-11(2)16-17(21)20-13(10-19-16)8-12-9-18-15-7-5-4-6-14(12)15/h4-7,9-11,18H,3,8H2,1-2H3,(H,20,21). The summed E-state index contributed by atoms with van der Waals surface area (Å²) in [4.78, 5) is 22.7. The average molecular weight is 281 g/mol. The van der Waals surface area contributed by atoms with Crippen molar-refractivity contribution in [3.05, 3.63) is 64.0 Å². The monoisotopic (exact) mass is 281 g/mol. The number of hydrogen-bond donors (Lipinski definition) is 2. The number of para-hydroxylation sites is 1. The van der Waals surface area contributed by atoms with Crippen LogP contribution in [0.4, 0.5) is 0 Å². The lowest BCUT2D eigenvalue weighted by Gasteiger charge is -2.07. The zero-order valence-corrected chi connectivity index (χ0v) is 12.3. The van der Waals surface area contributed by atoms with Crippen molar-refractivity contribution < 1.29 is 0 Å². The van der Waals surface area contributed by atoms with Crippen LogP contribution in [0.15, 0.2) is 41.5 Å². The quantitative estimate of drug-likeness (QED) is 0.770. The maximum atomic E-state index is 12.1. The number of fused-ring (bicyclic) bond motifs is 1. The van der Waals surface area contributed by atoms with Gasteiger partial charge < -0.3 is 9.97 Å². The molecule has 3 aromatic rings. The van der Waals surface area contributed by atoms with Crippen molar-refractivity contribution in [2.24, 2.45) is 0 Å². The van der Waals surface area contributed by atoms with Crippen molar-refractivity contribution in [1.82, 2.24) is 15.0 Å². The lowest BCUT2D eigenvalue weighted by molar-refractivity contribution is 0.690. The van der Waals surface area contributed by atoms with Crippen LogP contribution in [-0.4, -0.2) is 15.0 Å². The molecule has 2 N–H and O–H groups in total. The van der Waals surface area contributed by atoms with Crippen molar-refractivity contribution in [2.45, 2.75) is 32.6 Å². The van der Waals surface area contributed by atoms with E-state index < -0.39 is 0 Å². The average Bonchev–Trinajstić information content (AvgIpc) is 2.90. The fourth-order valence-electron chi connectivity index (χ4n) is 2.57. The SMILES string of the molecule is CCC(C)c1ncc(Cc2c[nH]c3ccccc23)[nH]c1=O. The van der Waals surface area contributed by atoms with Crippen molar-refractivity contribution in [3.63, 3.8) is 0 Å². The molecule has 4 heteroatoms. The summed E-state index contributed by atoms with van der Waals surface area (Å²) in [6.45, 7) is 4.09. The molecular weight excluding hydrogens is 262 g/mol. The summed E-state index contributed by atoms with van der Waals surface area (Å²) in [7, 11) is 0. The number of nitrogens with one attached hydrogen (secondary N) is 2. The Kier molecular flexibility index (Phi) is 3.60. The molecule has 108 valence electrons. The van der Waals surface area contributed by atoms with E-state index in [-0.39, 0.29) is 11.5 Å². The molecule has 0 fully saturated rings. The first kappa shape index (κ1) is 13.6. The molecule has 1 aromatic carbocycles. The van der Waals surface area contributed by atoms with E-state index in [2.05, 4.69) is 27.9 Å². The molecule has 0 saturated heterocycles. The molecule has 0 aliphatic heterocycles. The van der Waals surface area contributed by atoms with Crippen LogP contribution >= 0.6 is 0 Å². The van der Waals surface area contributed by atoms with Crippen LogP contribution in [0, 0.1) is 0 Å². The Morgan fingerprint density at radius 2 is 2.10 bits per heavy atom. The Labute approximate surface area is 123 Å². The first-order chi connectivity index (χ1) is 10.2. The molecule has 0 spiro atoms. The third-order valence-corrected chi connectivity index (χ3v) is 4.00. The second-order valence-corrected chi connectivity index (χ2v) is 5.47. The van der Waals surface area contributed by atoms with Crippen LogP contribution in [0.2, 0.25) is 0 Å². The predicted molar refractivity (Wildman–Crippen MR) is 84.7 cm³/mol. The van der Waals surface area contributed by atoms with Crippen molar-refractivity contribution in [2.75, 3.05) is 0 Å². The summed E-state index contributed by atoms with van der Waals surface area (Å²) in [5.41, 5.74) is 3.68. The molecule has 2 heterocycles. The summed E-state index contributed by atoms with van der Waals surface area (Å²) >= 11 is 0. The number of nitrogens with zero attached hydrogens (tertiary/aromatic N) is 1. The molecule has 3 rings (SSSR count). The van der Waals surface area contributed by atoms with Gasteiger partial charge in [-0.05, 0) is 18.1 Å². The maximum Gasteiger partial charge on any atom is 0.270 e. The van der Waals surface area contributed by atoms with E-state index in [1.54, 1.807) is 6.20 Å². The largest absolute Gasteiger partial charge is 0.361 e. The maximum absolute atomic E-state index is 12.1. The van der Waals surface area contributed by atoms with Gasteiger partial charge in [0.05, 0.1) is 0 Å². The molecular formula is C17H19N3O. The number of aromatic amines is 2. The third-order valence-electron chi connectivity index (χ3n) is 4.00. The molecule has 0 radical (unpaired) electrons. The number of benzene rings is 1. The molecule has 0 bridgehead atoms. The molecule has 1 atom stereocenters. The minimum Gasteiger partial charge on any atom is -0.361 e. The highest BCUT2D eigenvalue weighted by Crippen LogP contribution is 2.20. The number of hydrogen-bond acceptors (Lipinski definition) is 2. The predicted octanol–water partition coefficient (Wildman–Crippen LogP) is 3.36. The Morgan fingerprint density at radius 3 is 2.86 bits per heavy atom. The van der Waals surface area contributed by atoms with Crippen LogP contribution in [0.5, 0.6) is 0 Å². The highest BCUT2D eigenvalue weighted by molar-refractivity contribution is 5.83. The highest BCUT2D eigenvalue weighted by Gasteiger charge is 2.11. The van der Waals surface area contributed by atoms with Gasteiger partial charge in [0, 0.05) is 41.3 Å². The zero-order chi connectivity index (χ0) is 14.8. The molecule has 0 aliphatic carbocycles. The van der Waals surface area contributed by atoms with Crippen molar-refractivity contribution in [3.8, 4) is 0 Å². The minimum atomic E-state index is -0.0679. The van der Waals surface area contributed by atoms with Gasteiger partial charge in [0.25, 0.3) is 5.56 Å². The van der Waals surface area contributed by atoms with E-state index in [1.165, 1.54) is 10.9 Å². The van der Waals surface area contributed by atoms with E-state index in [1.807, 2.05) is 31.3 Å². The molecule has 2 aromatic heterocycles. The van der Waals surface area contributed by atoms with Gasteiger partial charge in [-0.1, -0.05) is 32.0 Å². The third kappa shape index (κ3) is 2.61. The number of H-pyrrole nitrogens is 2. The van der Waals surface area contributed by atoms with E-state index in [4.69, 9.17) is 0 Å². The Hall–Kier alpha value is -2.36. The van der Waals surface area contributed by atoms with Crippen LogP contribution < -0.4 is 5.56 Å². The van der Waals surface area contributed by atoms with Gasteiger partial charge in [0.15, 0.2) is 0 Å². The minimum absolute atomic E-state index is 0.0679. The van der Waals surface area contributed by atoms with Crippen LogP contribution in [0.1, 0.15) is 43.1 Å². The lowest BCUT2D eigenvalue weighted by Crippen LogP contribution is -2.18. The Bertz CT molecular complexity index is 816. The normalized spacial score (nSPS) is 12.7. The summed E-state index contributed by atoms with van der Waals surface area (Å²) < 4.78 is 0. The number of rotatable bonds is 4. The molecule has 21 heavy (non-hydrogen) atoms. The lowest BCUT2D eigenvalue weighted by atomic mass is 10.1. The van der Waals surface area contributed by atoms with Crippen LogP contribution in [-0.2, 0) is 6.42 Å². The van der Waals surface area contributed by atoms with Crippen LogP contribution in [0.25, 0.3) is 10.9 Å². The summed E-state index contributed by atoms with van der Waals surface area (Å²) in [6.07, 6.45) is 5.36. The molecule has 0 aliphatic rings. The molecule has 4 nitrogen and oxygen atoms in total. The van der Waals surface area contributed by atoms with Gasteiger partial charge in [-0.2, -0.15) is 0 Å². The van der Waals surface area contributed by atoms with E-state index in [0.717, 1.165) is 17.6 Å². The summed E-state index contributed by atoms with van der Waals surface area (Å²) in [5.74, 6) is 0.191. The molecule has 1 unspecified atom stereocenters. The Morgan fingerprint density at radius 1 is 1.29 bits per heavy atom. The molecule has 0 amide bonds. The molecule has 0 saturated carbocycles. The van der Waals surface area contributed by atoms with Gasteiger partial charge in [-0.15, -0.1) is 0 Å². The second-order valence-electron chi connectivity index (χ2n) is 5.47. The topological polar surface area (TPSA) is 61.5 Å². The van der Waals surface area contributed by atoms with E-state index >= 15 is 0 Å². The highest BCUT2D eigenvalue weighted by atomic mass is 16.1.